The van der Waals surface area contributed by atoms with Gasteiger partial charge in [0.15, 0.2) is 0 Å². The highest BCUT2D eigenvalue weighted by molar-refractivity contribution is 5.98. The van der Waals surface area contributed by atoms with Crippen molar-refractivity contribution in [3.8, 4) is 23.5 Å². The molecule has 3 aromatic rings. The summed E-state index contributed by atoms with van der Waals surface area (Å²) in [5.41, 5.74) is 5.00. The van der Waals surface area contributed by atoms with Gasteiger partial charge in [-0.15, -0.1) is 12.3 Å². The smallest absolute Gasteiger partial charge is 0.411 e. The number of hydrogen-bond donors (Lipinski definition) is 3. The molecule has 3 N–H and O–H groups in total. The predicted molar refractivity (Wildman–Crippen MR) is 127 cm³/mol. The molecule has 0 radical (unpaired) electrons. The minimum atomic E-state index is -1.22. The van der Waals surface area contributed by atoms with Crippen molar-refractivity contribution < 1.29 is 24.2 Å². The van der Waals surface area contributed by atoms with Gasteiger partial charge >= 0.3 is 12.1 Å². The Labute approximate surface area is 196 Å². The van der Waals surface area contributed by atoms with Crippen LogP contribution in [0.25, 0.3) is 11.1 Å². The molecule has 0 bridgehead atoms. The number of carboxylic acid groups (broad SMARTS) is 1. The fourth-order valence-electron chi connectivity index (χ4n) is 4.05. The Balaban J connectivity index is 1.40. The lowest BCUT2D eigenvalue weighted by atomic mass is 9.98. The van der Waals surface area contributed by atoms with E-state index in [1.165, 1.54) is 12.1 Å². The molecule has 7 heteroatoms. The Hall–Kier alpha value is -4.57. The number of aliphatic carboxylic acids is 1. The van der Waals surface area contributed by atoms with Gasteiger partial charge < -0.3 is 15.2 Å². The maximum absolute atomic E-state index is 12.5. The van der Waals surface area contributed by atoms with Crippen LogP contribution in [0.4, 0.5) is 10.5 Å². The highest BCUT2D eigenvalue weighted by Crippen LogP contribution is 2.44. The van der Waals surface area contributed by atoms with Crippen molar-refractivity contribution >= 4 is 23.7 Å². The molecule has 170 valence electrons. The second kappa shape index (κ2) is 9.92. The van der Waals surface area contributed by atoms with Crippen LogP contribution in [-0.2, 0) is 9.53 Å². The van der Waals surface area contributed by atoms with Gasteiger partial charge in [0.25, 0.3) is 5.91 Å². The second-order valence-corrected chi connectivity index (χ2v) is 7.80. The summed E-state index contributed by atoms with van der Waals surface area (Å²) in [5.74, 6) is 0.319. The van der Waals surface area contributed by atoms with Gasteiger partial charge in [-0.05, 0) is 40.5 Å². The maximum atomic E-state index is 12.5. The Morgan fingerprint density at radius 2 is 1.62 bits per heavy atom. The molecule has 4 rings (SSSR count). The highest BCUT2D eigenvalue weighted by Gasteiger charge is 2.29. The summed E-state index contributed by atoms with van der Waals surface area (Å²) in [6.45, 7) is 0.159. The minimum Gasteiger partial charge on any atom is -0.480 e. The Bertz CT molecular complexity index is 1250. The third-order valence-electron chi connectivity index (χ3n) is 5.64. The lowest BCUT2D eigenvalue weighted by Gasteiger charge is -2.15. The zero-order valence-electron chi connectivity index (χ0n) is 18.2. The monoisotopic (exact) mass is 454 g/mol. The van der Waals surface area contributed by atoms with Gasteiger partial charge in [-0.25, -0.2) is 9.59 Å². The van der Waals surface area contributed by atoms with Crippen molar-refractivity contribution in [3.05, 3.63) is 89.5 Å². The van der Waals surface area contributed by atoms with E-state index in [0.717, 1.165) is 22.3 Å². The van der Waals surface area contributed by atoms with Gasteiger partial charge in [-0.3, -0.25) is 10.1 Å². The minimum absolute atomic E-state index is 0.0700. The summed E-state index contributed by atoms with van der Waals surface area (Å²) in [5, 5.41) is 14.2. The van der Waals surface area contributed by atoms with Crippen molar-refractivity contribution in [2.45, 2.75) is 18.4 Å². The third-order valence-corrected chi connectivity index (χ3v) is 5.64. The van der Waals surface area contributed by atoms with E-state index in [4.69, 9.17) is 16.3 Å². The van der Waals surface area contributed by atoms with E-state index < -0.39 is 24.0 Å². The van der Waals surface area contributed by atoms with Gasteiger partial charge in [0.1, 0.15) is 12.6 Å². The molecule has 1 atom stereocenters. The number of carbonyl (C=O) groups is 3. The molecule has 0 heterocycles. The molecular formula is C27H22N2O5. The zero-order valence-corrected chi connectivity index (χ0v) is 18.2. The summed E-state index contributed by atoms with van der Waals surface area (Å²) < 4.78 is 5.52. The second-order valence-electron chi connectivity index (χ2n) is 7.80. The van der Waals surface area contributed by atoms with Crippen LogP contribution >= 0.6 is 0 Å². The van der Waals surface area contributed by atoms with Gasteiger partial charge in [0, 0.05) is 23.6 Å². The molecule has 1 unspecified atom stereocenters. The number of amides is 2. The van der Waals surface area contributed by atoms with Crippen LogP contribution in [-0.4, -0.2) is 35.7 Å². The summed E-state index contributed by atoms with van der Waals surface area (Å²) in [7, 11) is 0. The number of carboxylic acids is 1. The average molecular weight is 454 g/mol. The molecule has 0 aliphatic heterocycles. The van der Waals surface area contributed by atoms with Crippen molar-refractivity contribution in [2.24, 2.45) is 0 Å². The van der Waals surface area contributed by atoms with E-state index in [-0.39, 0.29) is 24.5 Å². The molecule has 1 aliphatic rings. The zero-order chi connectivity index (χ0) is 24.1. The predicted octanol–water partition coefficient (Wildman–Crippen LogP) is 4.25. The summed E-state index contributed by atoms with van der Waals surface area (Å²) in [4.78, 5) is 36.1. The Morgan fingerprint density at radius 3 is 2.24 bits per heavy atom. The first-order chi connectivity index (χ1) is 16.5. The molecule has 34 heavy (non-hydrogen) atoms. The van der Waals surface area contributed by atoms with Crippen molar-refractivity contribution in [1.29, 1.82) is 0 Å². The van der Waals surface area contributed by atoms with Crippen molar-refractivity contribution in [1.82, 2.24) is 5.32 Å². The normalized spacial score (nSPS) is 12.6. The van der Waals surface area contributed by atoms with E-state index in [1.54, 1.807) is 12.1 Å². The number of nitrogens with one attached hydrogen (secondary N) is 2. The van der Waals surface area contributed by atoms with E-state index in [2.05, 4.69) is 28.7 Å². The molecule has 0 fully saturated rings. The van der Waals surface area contributed by atoms with Crippen LogP contribution in [0.1, 0.15) is 33.8 Å². The first-order valence-electron chi connectivity index (χ1n) is 10.7. The molecule has 7 nitrogen and oxygen atoms in total. The first-order valence-corrected chi connectivity index (χ1v) is 10.7. The number of rotatable bonds is 7. The summed E-state index contributed by atoms with van der Waals surface area (Å²) in [6, 6.07) is 21.0. The highest BCUT2D eigenvalue weighted by atomic mass is 16.5. The standard InChI is InChI=1S/C27H22N2O5/c1-2-8-24(26(31)32)29-25(30)17-9-7-10-18(15-17)28-27(33)34-16-23-21-13-5-3-11-19(21)20-12-4-6-14-22(20)23/h1,3-7,9-15,23-24H,8,16H2,(H,28,33)(H,29,30)(H,31,32). The summed E-state index contributed by atoms with van der Waals surface area (Å²) >= 11 is 0. The number of fused-ring (bicyclic) bond motifs is 3. The lowest BCUT2D eigenvalue weighted by molar-refractivity contribution is -0.139. The van der Waals surface area contributed by atoms with Gasteiger partial charge in [-0.1, -0.05) is 54.6 Å². The van der Waals surface area contributed by atoms with Gasteiger partial charge in [-0.2, -0.15) is 0 Å². The average Bonchev–Trinajstić information content (AvgIpc) is 3.16. The van der Waals surface area contributed by atoms with E-state index in [9.17, 15) is 14.4 Å². The van der Waals surface area contributed by atoms with E-state index in [1.807, 2.05) is 36.4 Å². The number of ether oxygens (including phenoxy) is 1. The molecule has 3 aromatic carbocycles. The van der Waals surface area contributed by atoms with Gasteiger partial charge in [0.05, 0.1) is 0 Å². The molecule has 1 aliphatic carbocycles. The molecule has 0 saturated heterocycles. The number of terminal acetylenes is 1. The maximum Gasteiger partial charge on any atom is 0.411 e. The molecule has 0 spiro atoms. The van der Waals surface area contributed by atoms with Crippen LogP contribution in [0.15, 0.2) is 72.8 Å². The summed E-state index contributed by atoms with van der Waals surface area (Å²) in [6.07, 6.45) is 4.36. The lowest BCUT2D eigenvalue weighted by Crippen LogP contribution is -2.40. The van der Waals surface area contributed by atoms with Gasteiger partial charge in [0.2, 0.25) is 0 Å². The van der Waals surface area contributed by atoms with Crippen LogP contribution in [0.3, 0.4) is 0 Å². The van der Waals surface area contributed by atoms with Crippen LogP contribution in [0, 0.1) is 12.3 Å². The Kier molecular flexibility index (Phi) is 6.60. The number of hydrogen-bond acceptors (Lipinski definition) is 4. The van der Waals surface area contributed by atoms with Crippen molar-refractivity contribution in [3.63, 3.8) is 0 Å². The number of anilines is 1. The van der Waals surface area contributed by atoms with Crippen LogP contribution in [0.2, 0.25) is 0 Å². The molecule has 0 aromatic heterocycles. The topological polar surface area (TPSA) is 105 Å². The molecular weight excluding hydrogens is 432 g/mol. The van der Waals surface area contributed by atoms with E-state index >= 15 is 0 Å². The number of carbonyl (C=O) groups excluding carboxylic acids is 2. The SMILES string of the molecule is C#CCC(NC(=O)c1cccc(NC(=O)OCC2c3ccccc3-c3ccccc32)c1)C(=O)O. The fourth-order valence-corrected chi connectivity index (χ4v) is 4.05. The largest absolute Gasteiger partial charge is 0.480 e. The van der Waals surface area contributed by atoms with E-state index in [0.29, 0.717) is 5.69 Å². The first kappa shape index (κ1) is 22.6. The van der Waals surface area contributed by atoms with Crippen molar-refractivity contribution in [2.75, 3.05) is 11.9 Å². The van der Waals surface area contributed by atoms with Crippen LogP contribution < -0.4 is 10.6 Å². The quantitative estimate of drug-likeness (QED) is 0.463. The Morgan fingerprint density at radius 1 is 0.971 bits per heavy atom. The molecule has 0 saturated carbocycles. The van der Waals surface area contributed by atoms with Crippen LogP contribution in [0.5, 0.6) is 0 Å². The fraction of sp³-hybridized carbons (Fsp3) is 0.148. The molecule has 2 amide bonds. The number of benzene rings is 3. The third kappa shape index (κ3) is 4.76.